The Morgan fingerprint density at radius 2 is 2.08 bits per heavy atom. The summed E-state index contributed by atoms with van der Waals surface area (Å²) in [6.45, 7) is 2.23. The van der Waals surface area contributed by atoms with Gasteiger partial charge < -0.3 is 20.4 Å². The lowest BCUT2D eigenvalue weighted by Crippen LogP contribution is -2.36. The SMILES string of the molecule is CCCc1cc(N2C[C@H](O)C[C@H]2C(=O)O)nc(Nc2ccc(F)cc2)n1. The first-order valence-corrected chi connectivity index (χ1v) is 8.54. The van der Waals surface area contributed by atoms with E-state index in [1.165, 1.54) is 12.1 Å². The fraction of sp³-hybridized carbons (Fsp3) is 0.389. The first-order valence-electron chi connectivity index (χ1n) is 8.54. The highest BCUT2D eigenvalue weighted by Crippen LogP contribution is 2.27. The van der Waals surface area contributed by atoms with Gasteiger partial charge in [0, 0.05) is 30.4 Å². The maximum atomic E-state index is 13.1. The first-order chi connectivity index (χ1) is 12.5. The molecule has 8 heteroatoms. The predicted octanol–water partition coefficient (Wildman–Crippen LogP) is 2.34. The van der Waals surface area contributed by atoms with Gasteiger partial charge in [0.15, 0.2) is 0 Å². The Hall–Kier alpha value is -2.74. The number of aryl methyl sites for hydroxylation is 1. The average Bonchev–Trinajstić information content (AvgIpc) is 2.99. The minimum Gasteiger partial charge on any atom is -0.480 e. The van der Waals surface area contributed by atoms with Gasteiger partial charge in [0.2, 0.25) is 5.95 Å². The van der Waals surface area contributed by atoms with Crippen molar-refractivity contribution in [3.63, 3.8) is 0 Å². The number of halogens is 1. The molecule has 0 spiro atoms. The molecule has 1 aliphatic rings. The summed E-state index contributed by atoms with van der Waals surface area (Å²) in [6, 6.07) is 6.74. The molecule has 2 atom stereocenters. The molecular formula is C18H21FN4O3. The van der Waals surface area contributed by atoms with Crippen LogP contribution in [0.4, 0.5) is 21.8 Å². The molecule has 0 unspecified atom stereocenters. The second kappa shape index (κ2) is 7.65. The summed E-state index contributed by atoms with van der Waals surface area (Å²) in [7, 11) is 0. The van der Waals surface area contributed by atoms with E-state index >= 15 is 0 Å². The van der Waals surface area contributed by atoms with Crippen molar-refractivity contribution in [2.24, 2.45) is 0 Å². The zero-order valence-electron chi connectivity index (χ0n) is 14.4. The number of aromatic nitrogens is 2. The number of carbonyl (C=O) groups is 1. The molecule has 1 aromatic heterocycles. The number of nitrogens with zero attached hydrogens (tertiary/aromatic N) is 3. The Balaban J connectivity index is 1.93. The van der Waals surface area contributed by atoms with Crippen molar-refractivity contribution in [2.75, 3.05) is 16.8 Å². The van der Waals surface area contributed by atoms with Gasteiger partial charge in [-0.1, -0.05) is 13.3 Å². The molecule has 3 N–H and O–H groups in total. The number of carboxylic acids is 1. The van der Waals surface area contributed by atoms with E-state index in [-0.39, 0.29) is 18.8 Å². The third-order valence-corrected chi connectivity index (χ3v) is 4.23. The molecule has 0 aliphatic carbocycles. The van der Waals surface area contributed by atoms with Crippen molar-refractivity contribution in [3.8, 4) is 0 Å². The van der Waals surface area contributed by atoms with Crippen LogP contribution in [0.25, 0.3) is 0 Å². The largest absolute Gasteiger partial charge is 0.480 e. The normalized spacial score (nSPS) is 19.6. The highest BCUT2D eigenvalue weighted by atomic mass is 19.1. The number of β-amino-alcohol motifs (C(OH)–C–C–N with tert-alkyl or cyclic N) is 1. The number of aliphatic hydroxyl groups excluding tert-OH is 1. The van der Waals surface area contributed by atoms with Crippen molar-refractivity contribution < 1.29 is 19.4 Å². The van der Waals surface area contributed by atoms with Gasteiger partial charge in [0.05, 0.1) is 6.10 Å². The average molecular weight is 360 g/mol. The topological polar surface area (TPSA) is 98.6 Å². The second-order valence-electron chi connectivity index (χ2n) is 6.32. The van der Waals surface area contributed by atoms with E-state index in [2.05, 4.69) is 15.3 Å². The standard InChI is InChI=1S/C18H21FN4O3/c1-2-3-13-8-16(23-10-14(24)9-15(23)17(25)26)22-18(21-13)20-12-6-4-11(19)5-7-12/h4-8,14-15,24H,2-3,9-10H2,1H3,(H,25,26)(H,20,21,22)/t14-,15+/m1/s1. The summed E-state index contributed by atoms with van der Waals surface area (Å²) in [5.41, 5.74) is 1.40. The Bertz CT molecular complexity index is 785. The van der Waals surface area contributed by atoms with Crippen molar-refractivity contribution in [3.05, 3.63) is 41.8 Å². The first kappa shape index (κ1) is 18.1. The highest BCUT2D eigenvalue weighted by Gasteiger charge is 2.37. The molecule has 1 aromatic carbocycles. The predicted molar refractivity (Wildman–Crippen MR) is 95.1 cm³/mol. The van der Waals surface area contributed by atoms with Crippen LogP contribution in [-0.4, -0.2) is 44.8 Å². The third kappa shape index (κ3) is 4.08. The van der Waals surface area contributed by atoms with Gasteiger partial charge >= 0.3 is 5.97 Å². The number of benzene rings is 1. The summed E-state index contributed by atoms with van der Waals surface area (Å²) in [5, 5.41) is 22.3. The van der Waals surface area contributed by atoms with Crippen LogP contribution in [0.1, 0.15) is 25.5 Å². The quantitative estimate of drug-likeness (QED) is 0.727. The van der Waals surface area contributed by atoms with Crippen LogP contribution in [-0.2, 0) is 11.2 Å². The number of hydrogen-bond acceptors (Lipinski definition) is 6. The lowest BCUT2D eigenvalue weighted by atomic mass is 10.2. The van der Waals surface area contributed by atoms with Crippen LogP contribution in [0.15, 0.2) is 30.3 Å². The summed E-state index contributed by atoms with van der Waals surface area (Å²) < 4.78 is 13.1. The number of aliphatic carboxylic acids is 1. The van der Waals surface area contributed by atoms with Crippen LogP contribution in [0.2, 0.25) is 0 Å². The van der Waals surface area contributed by atoms with Gasteiger partial charge in [0.1, 0.15) is 17.7 Å². The third-order valence-electron chi connectivity index (χ3n) is 4.23. The zero-order valence-corrected chi connectivity index (χ0v) is 14.4. The van der Waals surface area contributed by atoms with E-state index in [1.54, 1.807) is 23.1 Å². The van der Waals surface area contributed by atoms with Gasteiger partial charge in [-0.3, -0.25) is 0 Å². The van der Waals surface area contributed by atoms with Crippen LogP contribution < -0.4 is 10.2 Å². The Morgan fingerprint density at radius 3 is 2.73 bits per heavy atom. The van der Waals surface area contributed by atoms with Crippen molar-refractivity contribution in [1.29, 1.82) is 0 Å². The molecule has 0 bridgehead atoms. The Labute approximate surface area is 150 Å². The number of rotatable bonds is 6. The molecule has 1 aliphatic heterocycles. The minimum atomic E-state index is -0.995. The molecule has 138 valence electrons. The molecule has 0 saturated carbocycles. The fourth-order valence-corrected chi connectivity index (χ4v) is 3.03. The summed E-state index contributed by atoms with van der Waals surface area (Å²) in [5.74, 6) is -0.572. The molecular weight excluding hydrogens is 339 g/mol. The lowest BCUT2D eigenvalue weighted by molar-refractivity contribution is -0.138. The van der Waals surface area contributed by atoms with E-state index < -0.39 is 18.1 Å². The van der Waals surface area contributed by atoms with E-state index in [0.717, 1.165) is 12.1 Å². The van der Waals surface area contributed by atoms with Crippen molar-refractivity contribution >= 4 is 23.4 Å². The number of hydrogen-bond donors (Lipinski definition) is 3. The highest BCUT2D eigenvalue weighted by molar-refractivity contribution is 5.79. The van der Waals surface area contributed by atoms with Gasteiger partial charge in [-0.05, 0) is 30.7 Å². The van der Waals surface area contributed by atoms with Gasteiger partial charge in [-0.2, -0.15) is 4.98 Å². The van der Waals surface area contributed by atoms with Crippen LogP contribution in [0, 0.1) is 5.82 Å². The van der Waals surface area contributed by atoms with E-state index in [0.29, 0.717) is 23.9 Å². The monoisotopic (exact) mass is 360 g/mol. The summed E-state index contributed by atoms with van der Waals surface area (Å²) in [4.78, 5) is 22.0. The summed E-state index contributed by atoms with van der Waals surface area (Å²) in [6.07, 6.45) is 1.02. The second-order valence-corrected chi connectivity index (χ2v) is 6.32. The molecule has 1 fully saturated rings. The Morgan fingerprint density at radius 1 is 1.35 bits per heavy atom. The van der Waals surface area contributed by atoms with E-state index in [4.69, 9.17) is 0 Å². The van der Waals surface area contributed by atoms with E-state index in [9.17, 15) is 19.4 Å². The summed E-state index contributed by atoms with van der Waals surface area (Å²) >= 11 is 0. The lowest BCUT2D eigenvalue weighted by Gasteiger charge is -2.23. The Kier molecular flexibility index (Phi) is 5.32. The van der Waals surface area contributed by atoms with Crippen LogP contribution in [0.3, 0.4) is 0 Å². The maximum absolute atomic E-state index is 13.1. The molecule has 26 heavy (non-hydrogen) atoms. The van der Waals surface area contributed by atoms with Crippen LogP contribution in [0.5, 0.6) is 0 Å². The van der Waals surface area contributed by atoms with Crippen LogP contribution >= 0.6 is 0 Å². The molecule has 2 heterocycles. The van der Waals surface area contributed by atoms with Gasteiger partial charge in [-0.25, -0.2) is 14.2 Å². The van der Waals surface area contributed by atoms with Gasteiger partial charge in [-0.15, -0.1) is 0 Å². The smallest absolute Gasteiger partial charge is 0.326 e. The van der Waals surface area contributed by atoms with Crippen molar-refractivity contribution in [1.82, 2.24) is 9.97 Å². The van der Waals surface area contributed by atoms with E-state index in [1.807, 2.05) is 6.92 Å². The fourth-order valence-electron chi connectivity index (χ4n) is 3.03. The molecule has 0 amide bonds. The molecule has 0 radical (unpaired) electrons. The molecule has 2 aromatic rings. The molecule has 3 rings (SSSR count). The maximum Gasteiger partial charge on any atom is 0.326 e. The van der Waals surface area contributed by atoms with Gasteiger partial charge in [0.25, 0.3) is 0 Å². The molecule has 7 nitrogen and oxygen atoms in total. The molecule has 1 saturated heterocycles. The number of carboxylic acid groups (broad SMARTS) is 1. The number of anilines is 3. The number of nitrogens with one attached hydrogen (secondary N) is 1. The minimum absolute atomic E-state index is 0.156. The number of aliphatic hydroxyl groups is 1. The zero-order chi connectivity index (χ0) is 18.7. The van der Waals surface area contributed by atoms with Crippen molar-refractivity contribution in [2.45, 2.75) is 38.3 Å².